The Morgan fingerprint density at radius 1 is 1.09 bits per heavy atom. The molecule has 2 heterocycles. The number of amides is 1. The van der Waals surface area contributed by atoms with Crippen LogP contribution in [0.3, 0.4) is 0 Å². The fourth-order valence-electron chi connectivity index (χ4n) is 3.83. The molecule has 0 radical (unpaired) electrons. The largest absolute Gasteiger partial charge is 0.473 e. The first kappa shape index (κ1) is 22.2. The summed E-state index contributed by atoms with van der Waals surface area (Å²) < 4.78 is 30.6. The summed E-state index contributed by atoms with van der Waals surface area (Å²) in [6, 6.07) is 14.5. The summed E-state index contributed by atoms with van der Waals surface area (Å²) in [6.45, 7) is 4.54. The van der Waals surface area contributed by atoms with Gasteiger partial charge in [0.05, 0.1) is 22.8 Å². The van der Waals surface area contributed by atoms with Gasteiger partial charge in [-0.25, -0.2) is 8.42 Å². The highest BCUT2D eigenvalue weighted by Crippen LogP contribution is 2.25. The van der Waals surface area contributed by atoms with E-state index < -0.39 is 15.1 Å². The van der Waals surface area contributed by atoms with E-state index in [1.165, 1.54) is 0 Å². The third-order valence-electron chi connectivity index (χ3n) is 5.84. The molecular formula is C24H27N3O4S. The number of fused-ring (bicyclic) bond motifs is 1. The molecule has 0 spiro atoms. The Kier molecular flexibility index (Phi) is 6.41. The molecule has 0 atom stereocenters. The van der Waals surface area contributed by atoms with E-state index >= 15 is 0 Å². The lowest BCUT2D eigenvalue weighted by Crippen LogP contribution is -2.42. The molecule has 0 N–H and O–H groups in total. The van der Waals surface area contributed by atoms with Crippen molar-refractivity contribution in [1.29, 1.82) is 0 Å². The SMILES string of the molecule is CC(C)S(=O)(=O)c1ccc(CC(=O)N2CCC(Oc3nncc4ccccc34)CC2)cc1. The highest BCUT2D eigenvalue weighted by molar-refractivity contribution is 7.92. The number of piperidine rings is 1. The molecule has 1 amide bonds. The standard InChI is InChI=1S/C24H27N3O4S/c1-17(2)32(29,30)21-9-7-18(8-10-21)15-23(28)27-13-11-20(12-14-27)31-24-22-6-4-3-5-19(22)16-25-26-24/h3-10,16-17,20H,11-15H2,1-2H3. The van der Waals surface area contributed by atoms with E-state index in [2.05, 4.69) is 10.2 Å². The van der Waals surface area contributed by atoms with Gasteiger partial charge in [-0.1, -0.05) is 30.3 Å². The van der Waals surface area contributed by atoms with Crippen molar-refractivity contribution in [1.82, 2.24) is 15.1 Å². The lowest BCUT2D eigenvalue weighted by atomic mass is 10.1. The maximum absolute atomic E-state index is 12.7. The summed E-state index contributed by atoms with van der Waals surface area (Å²) in [5, 5.41) is 9.62. The van der Waals surface area contributed by atoms with Crippen LogP contribution < -0.4 is 4.74 Å². The van der Waals surface area contributed by atoms with E-state index in [1.807, 2.05) is 29.2 Å². The molecule has 1 fully saturated rings. The number of nitrogens with zero attached hydrogens (tertiary/aromatic N) is 3. The smallest absolute Gasteiger partial charge is 0.241 e. The normalized spacial score (nSPS) is 15.3. The molecule has 2 aromatic carbocycles. The number of carbonyl (C=O) groups excluding carboxylic acids is 1. The molecule has 0 aliphatic carbocycles. The van der Waals surface area contributed by atoms with Crippen molar-refractivity contribution in [3.63, 3.8) is 0 Å². The number of aromatic nitrogens is 2. The number of hydrogen-bond donors (Lipinski definition) is 0. The Bertz CT molecular complexity index is 1200. The van der Waals surface area contributed by atoms with E-state index in [0.717, 1.165) is 29.2 Å². The number of hydrogen-bond acceptors (Lipinski definition) is 6. The molecule has 3 aromatic rings. The molecular weight excluding hydrogens is 426 g/mol. The number of sulfone groups is 1. The molecule has 1 aromatic heterocycles. The molecule has 0 bridgehead atoms. The van der Waals surface area contributed by atoms with E-state index in [0.29, 0.717) is 19.0 Å². The van der Waals surface area contributed by atoms with Crippen molar-refractivity contribution in [2.45, 2.75) is 49.4 Å². The van der Waals surface area contributed by atoms with Gasteiger partial charge in [0.2, 0.25) is 11.8 Å². The monoisotopic (exact) mass is 453 g/mol. The molecule has 0 unspecified atom stereocenters. The molecule has 32 heavy (non-hydrogen) atoms. The van der Waals surface area contributed by atoms with Crippen LogP contribution in [0.5, 0.6) is 5.88 Å². The third kappa shape index (κ3) is 4.75. The van der Waals surface area contributed by atoms with Crippen LogP contribution in [0.25, 0.3) is 10.8 Å². The van der Waals surface area contributed by atoms with Gasteiger partial charge >= 0.3 is 0 Å². The highest BCUT2D eigenvalue weighted by Gasteiger charge is 2.25. The lowest BCUT2D eigenvalue weighted by molar-refractivity contribution is -0.132. The topological polar surface area (TPSA) is 89.5 Å². The average molecular weight is 454 g/mol. The van der Waals surface area contributed by atoms with Gasteiger partial charge in [-0.15, -0.1) is 5.10 Å². The maximum Gasteiger partial charge on any atom is 0.241 e. The first-order chi connectivity index (χ1) is 15.3. The highest BCUT2D eigenvalue weighted by atomic mass is 32.2. The van der Waals surface area contributed by atoms with Crippen molar-refractivity contribution in [2.24, 2.45) is 0 Å². The summed E-state index contributed by atoms with van der Waals surface area (Å²) in [7, 11) is -3.31. The molecule has 1 aliphatic rings. The van der Waals surface area contributed by atoms with Gasteiger partial charge in [-0.05, 0) is 37.6 Å². The van der Waals surface area contributed by atoms with Crippen LogP contribution in [-0.4, -0.2) is 53.9 Å². The van der Waals surface area contributed by atoms with Crippen molar-refractivity contribution >= 4 is 26.5 Å². The minimum atomic E-state index is -3.31. The first-order valence-corrected chi connectivity index (χ1v) is 12.4. The number of ether oxygens (including phenoxy) is 1. The van der Waals surface area contributed by atoms with Crippen molar-refractivity contribution < 1.29 is 17.9 Å². The second kappa shape index (κ2) is 9.24. The number of benzene rings is 2. The van der Waals surface area contributed by atoms with Gasteiger partial charge in [0, 0.05) is 36.7 Å². The Labute approximate surface area is 188 Å². The third-order valence-corrected chi connectivity index (χ3v) is 8.01. The van der Waals surface area contributed by atoms with E-state index in [4.69, 9.17) is 4.74 Å². The van der Waals surface area contributed by atoms with Crippen LogP contribution in [0.4, 0.5) is 0 Å². The average Bonchev–Trinajstić information content (AvgIpc) is 2.80. The minimum Gasteiger partial charge on any atom is -0.473 e. The zero-order chi connectivity index (χ0) is 22.7. The predicted molar refractivity (Wildman–Crippen MR) is 122 cm³/mol. The van der Waals surface area contributed by atoms with Gasteiger partial charge < -0.3 is 9.64 Å². The van der Waals surface area contributed by atoms with E-state index in [1.54, 1.807) is 44.3 Å². The molecule has 7 nitrogen and oxygen atoms in total. The summed E-state index contributed by atoms with van der Waals surface area (Å²) >= 11 is 0. The summed E-state index contributed by atoms with van der Waals surface area (Å²) in [5.74, 6) is 0.567. The van der Waals surface area contributed by atoms with Gasteiger partial charge in [-0.3, -0.25) is 4.79 Å². The molecule has 4 rings (SSSR count). The van der Waals surface area contributed by atoms with E-state index in [-0.39, 0.29) is 23.3 Å². The van der Waals surface area contributed by atoms with Crippen LogP contribution in [0, 0.1) is 0 Å². The van der Waals surface area contributed by atoms with Crippen LogP contribution in [0.15, 0.2) is 59.6 Å². The molecule has 0 saturated carbocycles. The summed E-state index contributed by atoms with van der Waals surface area (Å²) in [6.07, 6.45) is 3.40. The lowest BCUT2D eigenvalue weighted by Gasteiger charge is -2.32. The Morgan fingerprint density at radius 2 is 1.78 bits per heavy atom. The second-order valence-corrected chi connectivity index (χ2v) is 10.9. The van der Waals surface area contributed by atoms with Gasteiger partial charge in [-0.2, -0.15) is 5.10 Å². The Morgan fingerprint density at radius 3 is 2.47 bits per heavy atom. The summed E-state index contributed by atoms with van der Waals surface area (Å²) in [4.78, 5) is 14.9. The van der Waals surface area contributed by atoms with Crippen molar-refractivity contribution in [3.8, 4) is 5.88 Å². The molecule has 1 aliphatic heterocycles. The molecule has 8 heteroatoms. The van der Waals surface area contributed by atoms with Gasteiger partial charge in [0.15, 0.2) is 9.84 Å². The molecule has 1 saturated heterocycles. The van der Waals surface area contributed by atoms with Crippen molar-refractivity contribution in [3.05, 3.63) is 60.3 Å². The fourth-order valence-corrected chi connectivity index (χ4v) is 4.89. The quantitative estimate of drug-likeness (QED) is 0.568. The number of rotatable bonds is 6. The predicted octanol–water partition coefficient (Wildman–Crippen LogP) is 3.42. The minimum absolute atomic E-state index is 0.0142. The maximum atomic E-state index is 12.7. The van der Waals surface area contributed by atoms with Crippen LogP contribution in [-0.2, 0) is 21.1 Å². The van der Waals surface area contributed by atoms with Crippen LogP contribution in [0.1, 0.15) is 32.3 Å². The first-order valence-electron chi connectivity index (χ1n) is 10.8. The second-order valence-electron chi connectivity index (χ2n) is 8.35. The fraction of sp³-hybridized carbons (Fsp3) is 0.375. The zero-order valence-electron chi connectivity index (χ0n) is 18.3. The Hall–Kier alpha value is -3.00. The Balaban J connectivity index is 1.33. The van der Waals surface area contributed by atoms with Crippen LogP contribution in [0.2, 0.25) is 0 Å². The number of carbonyl (C=O) groups is 1. The molecule has 168 valence electrons. The van der Waals surface area contributed by atoms with Gasteiger partial charge in [0.1, 0.15) is 6.10 Å². The van der Waals surface area contributed by atoms with Crippen LogP contribution >= 0.6 is 0 Å². The number of likely N-dealkylation sites (tertiary alicyclic amines) is 1. The van der Waals surface area contributed by atoms with Crippen molar-refractivity contribution in [2.75, 3.05) is 13.1 Å². The summed E-state index contributed by atoms with van der Waals surface area (Å²) in [5.41, 5.74) is 0.808. The van der Waals surface area contributed by atoms with E-state index in [9.17, 15) is 13.2 Å². The van der Waals surface area contributed by atoms with Gasteiger partial charge in [0.25, 0.3) is 0 Å². The zero-order valence-corrected chi connectivity index (χ0v) is 19.1.